The second kappa shape index (κ2) is 60.1. The highest BCUT2D eigenvalue weighted by molar-refractivity contribution is 4.47. The first-order valence-corrected chi connectivity index (χ1v) is 23.5. The van der Waals surface area contributed by atoms with Crippen LogP contribution in [0, 0.1) is 17.8 Å². The molecular weight excluding hydrogens is 637 g/mol. The molecule has 0 aliphatic rings. The third-order valence-corrected chi connectivity index (χ3v) is 7.94. The van der Waals surface area contributed by atoms with Crippen LogP contribution in [0.25, 0.3) is 0 Å². The van der Waals surface area contributed by atoms with Gasteiger partial charge in [-0.3, -0.25) is 0 Å². The van der Waals surface area contributed by atoms with Crippen LogP contribution >= 0.6 is 0 Å². The molecule has 0 radical (unpaired) electrons. The standard InChI is InChI=1S/C10H22O.C10H22.C9H20O.C8H18.C6H14O.C6H14/c1-4-5-6-7-8-9-11-10(2)3;1-4-5-6-7-8-9-10(2)3;1-4-5-6-7-8-10-9(2)3;1-4-5-6-7-8(2)3;1-4-5-7-6(2)3;1-4-5-6(2)3/h10H,4-9H2,1-3H3;10H,4-9H2,1-3H3;9H,4-8H2,1-3H3;8H,4-7H2,1-3H3;6H,4-5H2,1-3H3;6H,4-5H2,1-3H3. The topological polar surface area (TPSA) is 27.7 Å². The fourth-order valence-electron chi connectivity index (χ4n) is 4.76. The summed E-state index contributed by atoms with van der Waals surface area (Å²) in [4.78, 5) is 0. The molecule has 0 rings (SSSR count). The van der Waals surface area contributed by atoms with E-state index >= 15 is 0 Å². The zero-order valence-corrected chi connectivity index (χ0v) is 40.4. The molecule has 0 aromatic carbocycles. The number of rotatable bonds is 28. The SMILES string of the molecule is CCCC(C)C.CCCCCC(C)C.CCCCCCCC(C)C.CCCCCCCOC(C)C.CCCCCCOC(C)C.CCCOC(C)C. The minimum Gasteiger partial charge on any atom is -0.379 e. The monoisotopic (exact) mass is 747 g/mol. The van der Waals surface area contributed by atoms with E-state index in [4.69, 9.17) is 14.2 Å². The van der Waals surface area contributed by atoms with Crippen LogP contribution in [0.15, 0.2) is 0 Å². The summed E-state index contributed by atoms with van der Waals surface area (Å²) < 4.78 is 16.0. The predicted octanol–water partition coefficient (Wildman–Crippen LogP) is 17.9. The maximum absolute atomic E-state index is 5.42. The number of hydrogen-bond donors (Lipinski definition) is 0. The minimum absolute atomic E-state index is 0.403. The van der Waals surface area contributed by atoms with Crippen molar-refractivity contribution in [1.29, 1.82) is 0 Å². The molecule has 0 heterocycles. The van der Waals surface area contributed by atoms with Crippen molar-refractivity contribution in [3.05, 3.63) is 0 Å². The van der Waals surface area contributed by atoms with Crippen molar-refractivity contribution in [2.24, 2.45) is 17.8 Å². The van der Waals surface area contributed by atoms with Crippen LogP contribution in [0.4, 0.5) is 0 Å². The van der Waals surface area contributed by atoms with Gasteiger partial charge < -0.3 is 14.2 Å². The van der Waals surface area contributed by atoms with Crippen LogP contribution in [-0.4, -0.2) is 38.1 Å². The second-order valence-electron chi connectivity index (χ2n) is 16.9. The molecule has 52 heavy (non-hydrogen) atoms. The average molecular weight is 747 g/mol. The molecule has 0 amide bonds. The summed E-state index contributed by atoms with van der Waals surface area (Å²) in [6.07, 6.45) is 31.0. The Bertz CT molecular complexity index is 495. The van der Waals surface area contributed by atoms with Gasteiger partial charge in [0, 0.05) is 19.8 Å². The number of unbranched alkanes of at least 4 members (excludes halogenated alkanes) is 13. The van der Waals surface area contributed by atoms with E-state index < -0.39 is 0 Å². The summed E-state index contributed by atoms with van der Waals surface area (Å²) in [7, 11) is 0. The Kier molecular flexibility index (Phi) is 73.8. The van der Waals surface area contributed by atoms with Crippen molar-refractivity contribution in [3.63, 3.8) is 0 Å². The average Bonchev–Trinajstić information content (AvgIpc) is 3.06. The van der Waals surface area contributed by atoms with Gasteiger partial charge in [-0.25, -0.2) is 0 Å². The van der Waals surface area contributed by atoms with Gasteiger partial charge in [-0.1, -0.05) is 205 Å². The van der Waals surface area contributed by atoms with Gasteiger partial charge in [-0.15, -0.1) is 0 Å². The summed E-state index contributed by atoms with van der Waals surface area (Å²) in [5.41, 5.74) is 0. The Morgan fingerprint density at radius 3 is 0.769 bits per heavy atom. The van der Waals surface area contributed by atoms with Gasteiger partial charge in [-0.05, 0) is 78.6 Å². The summed E-state index contributed by atoms with van der Waals surface area (Å²) in [6.45, 7) is 42.2. The molecule has 3 nitrogen and oxygen atoms in total. The van der Waals surface area contributed by atoms with Gasteiger partial charge in [0.2, 0.25) is 0 Å². The molecule has 0 aromatic heterocycles. The summed E-state index contributed by atoms with van der Waals surface area (Å²) in [5, 5.41) is 0. The van der Waals surface area contributed by atoms with Gasteiger partial charge in [0.05, 0.1) is 18.3 Å². The van der Waals surface area contributed by atoms with Crippen molar-refractivity contribution in [2.45, 2.75) is 284 Å². The second-order valence-corrected chi connectivity index (χ2v) is 16.9. The van der Waals surface area contributed by atoms with Crippen molar-refractivity contribution in [1.82, 2.24) is 0 Å². The highest BCUT2D eigenvalue weighted by Crippen LogP contribution is 2.10. The molecule has 0 unspecified atom stereocenters. The molecule has 0 saturated carbocycles. The first-order valence-electron chi connectivity index (χ1n) is 23.5. The largest absolute Gasteiger partial charge is 0.379 e. The van der Waals surface area contributed by atoms with E-state index in [1.165, 1.54) is 135 Å². The summed E-state index contributed by atoms with van der Waals surface area (Å²) >= 11 is 0. The summed E-state index contributed by atoms with van der Waals surface area (Å²) in [6, 6.07) is 0. The Labute approximate surface area is 335 Å². The van der Waals surface area contributed by atoms with Crippen LogP contribution in [0.2, 0.25) is 0 Å². The lowest BCUT2D eigenvalue weighted by Gasteiger charge is -2.06. The van der Waals surface area contributed by atoms with E-state index in [1.807, 2.05) is 0 Å². The van der Waals surface area contributed by atoms with Gasteiger partial charge in [-0.2, -0.15) is 0 Å². The van der Waals surface area contributed by atoms with Crippen LogP contribution in [0.3, 0.4) is 0 Å². The Morgan fingerprint density at radius 2 is 0.519 bits per heavy atom. The molecule has 0 saturated heterocycles. The zero-order valence-electron chi connectivity index (χ0n) is 40.4. The molecule has 0 N–H and O–H groups in total. The van der Waals surface area contributed by atoms with Crippen LogP contribution in [0.1, 0.15) is 266 Å². The number of hydrogen-bond acceptors (Lipinski definition) is 3. The first kappa shape index (κ1) is 63.8. The van der Waals surface area contributed by atoms with E-state index in [1.54, 1.807) is 0 Å². The molecular formula is C49H110O3. The first-order chi connectivity index (χ1) is 24.6. The third kappa shape index (κ3) is 104. The van der Waals surface area contributed by atoms with Gasteiger partial charge in [0.1, 0.15) is 0 Å². The summed E-state index contributed by atoms with van der Waals surface area (Å²) in [5.74, 6) is 2.71. The zero-order chi connectivity index (χ0) is 41.3. The van der Waals surface area contributed by atoms with Crippen molar-refractivity contribution < 1.29 is 14.2 Å². The lowest BCUT2D eigenvalue weighted by atomic mass is 10.0. The Hall–Kier alpha value is -0.120. The van der Waals surface area contributed by atoms with Gasteiger partial charge >= 0.3 is 0 Å². The third-order valence-electron chi connectivity index (χ3n) is 7.94. The van der Waals surface area contributed by atoms with E-state index in [2.05, 4.69) is 125 Å². The molecule has 0 aliphatic heterocycles. The smallest absolute Gasteiger partial charge is 0.0518 e. The molecule has 3 heteroatoms. The van der Waals surface area contributed by atoms with Crippen LogP contribution in [0.5, 0.6) is 0 Å². The lowest BCUT2D eigenvalue weighted by molar-refractivity contribution is 0.0755. The molecule has 0 fully saturated rings. The molecule has 0 spiro atoms. The lowest BCUT2D eigenvalue weighted by Crippen LogP contribution is -2.03. The van der Waals surface area contributed by atoms with Crippen molar-refractivity contribution in [3.8, 4) is 0 Å². The van der Waals surface area contributed by atoms with E-state index in [-0.39, 0.29) is 0 Å². The fourth-order valence-corrected chi connectivity index (χ4v) is 4.76. The van der Waals surface area contributed by atoms with Crippen molar-refractivity contribution >= 4 is 0 Å². The molecule has 0 atom stereocenters. The maximum Gasteiger partial charge on any atom is 0.0518 e. The Morgan fingerprint density at radius 1 is 0.250 bits per heavy atom. The fraction of sp³-hybridized carbons (Fsp3) is 1.00. The maximum atomic E-state index is 5.42. The number of ether oxygens (including phenoxy) is 3. The predicted molar refractivity (Wildman–Crippen MR) is 243 cm³/mol. The molecule has 324 valence electrons. The van der Waals surface area contributed by atoms with E-state index in [0.717, 1.165) is 44.0 Å². The van der Waals surface area contributed by atoms with Crippen molar-refractivity contribution in [2.75, 3.05) is 19.8 Å². The highest BCUT2D eigenvalue weighted by atomic mass is 16.5. The van der Waals surface area contributed by atoms with E-state index in [9.17, 15) is 0 Å². The molecule has 0 bridgehead atoms. The van der Waals surface area contributed by atoms with Gasteiger partial charge in [0.15, 0.2) is 0 Å². The quantitative estimate of drug-likeness (QED) is 0.0746. The van der Waals surface area contributed by atoms with Crippen LogP contribution < -0.4 is 0 Å². The molecule has 0 aliphatic carbocycles. The van der Waals surface area contributed by atoms with Gasteiger partial charge in [0.25, 0.3) is 0 Å². The minimum atomic E-state index is 0.403. The highest BCUT2D eigenvalue weighted by Gasteiger charge is 1.95. The normalized spacial score (nSPS) is 10.6. The van der Waals surface area contributed by atoms with E-state index in [0.29, 0.717) is 18.3 Å². The molecule has 0 aromatic rings. The Balaban J connectivity index is -0.000000123. The van der Waals surface area contributed by atoms with Crippen LogP contribution in [-0.2, 0) is 14.2 Å².